The number of H-pyrrole nitrogens is 1. The summed E-state index contributed by atoms with van der Waals surface area (Å²) in [6, 6.07) is 0. The quantitative estimate of drug-likeness (QED) is 0.528. The van der Waals surface area contributed by atoms with E-state index in [2.05, 4.69) is 15.0 Å². The van der Waals surface area contributed by atoms with E-state index in [4.69, 9.17) is 5.73 Å². The molecule has 0 unspecified atom stereocenters. The molecule has 0 atom stereocenters. The Balaban J connectivity index is 2.76. The fourth-order valence-corrected chi connectivity index (χ4v) is 1.04. The van der Waals surface area contributed by atoms with Crippen molar-refractivity contribution < 1.29 is 0 Å². The third-order valence-electron chi connectivity index (χ3n) is 1.51. The highest BCUT2D eigenvalue weighted by Gasteiger charge is 2.11. The molecule has 1 aliphatic heterocycles. The third kappa shape index (κ3) is 0.813. The number of aliphatic imine (C=N–C) groups is 1. The Morgan fingerprint density at radius 1 is 1.64 bits per heavy atom. The highest BCUT2D eigenvalue weighted by Crippen LogP contribution is 2.24. The average Bonchev–Trinajstić information content (AvgIpc) is 2.34. The number of nitrogens with one attached hydrogen (secondary N) is 1. The van der Waals surface area contributed by atoms with E-state index in [1.54, 1.807) is 6.21 Å². The predicted octanol–water partition coefficient (Wildman–Crippen LogP) is -0.390. The first-order valence-electron chi connectivity index (χ1n) is 3.18. The second-order valence-electron chi connectivity index (χ2n) is 2.27. The van der Waals surface area contributed by atoms with Crippen LogP contribution in [0.4, 0.5) is 11.5 Å². The number of anilines is 1. The van der Waals surface area contributed by atoms with Crippen molar-refractivity contribution in [2.24, 2.45) is 4.99 Å². The van der Waals surface area contributed by atoms with Crippen LogP contribution < -0.4 is 11.4 Å². The molecule has 0 spiro atoms. The van der Waals surface area contributed by atoms with Crippen LogP contribution in [0, 0.1) is 0 Å². The molecule has 2 heterocycles. The zero-order valence-electron chi connectivity index (χ0n) is 5.66. The van der Waals surface area contributed by atoms with Crippen LogP contribution in [0.15, 0.2) is 9.79 Å². The van der Waals surface area contributed by atoms with Gasteiger partial charge in [-0.1, -0.05) is 0 Å². The van der Waals surface area contributed by atoms with Crippen LogP contribution in [0.25, 0.3) is 0 Å². The first kappa shape index (κ1) is 6.09. The summed E-state index contributed by atoms with van der Waals surface area (Å²) < 4.78 is 0. The van der Waals surface area contributed by atoms with Gasteiger partial charge in [0.1, 0.15) is 11.5 Å². The highest BCUT2D eigenvalue weighted by molar-refractivity contribution is 5.79. The highest BCUT2D eigenvalue weighted by atomic mass is 16.1. The van der Waals surface area contributed by atoms with Crippen molar-refractivity contribution in [3.05, 3.63) is 16.2 Å². The number of hydrogen-bond acceptors (Lipinski definition) is 4. The van der Waals surface area contributed by atoms with E-state index in [1.165, 1.54) is 0 Å². The number of nitrogens with zero attached hydrogens (tertiary/aromatic N) is 2. The molecular weight excluding hydrogens is 144 g/mol. The van der Waals surface area contributed by atoms with E-state index in [0.717, 1.165) is 0 Å². The molecule has 5 heteroatoms. The summed E-state index contributed by atoms with van der Waals surface area (Å²) in [7, 11) is 0. The molecular formula is C6H6N4O. The van der Waals surface area contributed by atoms with Crippen LogP contribution in [0.5, 0.6) is 0 Å². The summed E-state index contributed by atoms with van der Waals surface area (Å²) in [6.45, 7) is 0. The summed E-state index contributed by atoms with van der Waals surface area (Å²) in [5.41, 5.74) is 6.31. The van der Waals surface area contributed by atoms with Crippen molar-refractivity contribution in [2.75, 3.05) is 5.73 Å². The van der Waals surface area contributed by atoms with Crippen molar-refractivity contribution in [2.45, 2.75) is 6.42 Å². The van der Waals surface area contributed by atoms with Gasteiger partial charge in [-0.15, -0.1) is 0 Å². The number of aromatic amines is 1. The lowest BCUT2D eigenvalue weighted by molar-refractivity contribution is 1.03. The van der Waals surface area contributed by atoms with Gasteiger partial charge >= 0.3 is 5.69 Å². The molecule has 1 aromatic rings. The van der Waals surface area contributed by atoms with Gasteiger partial charge in [0.2, 0.25) is 0 Å². The van der Waals surface area contributed by atoms with Crippen LogP contribution in [0.3, 0.4) is 0 Å². The lowest BCUT2D eigenvalue weighted by Gasteiger charge is -1.97. The van der Waals surface area contributed by atoms with Crippen LogP contribution in [-0.2, 0) is 6.42 Å². The van der Waals surface area contributed by atoms with Crippen LogP contribution in [-0.4, -0.2) is 16.2 Å². The van der Waals surface area contributed by atoms with E-state index in [1.807, 2.05) is 0 Å². The molecule has 0 bridgehead atoms. The van der Waals surface area contributed by atoms with Gasteiger partial charge in [0.25, 0.3) is 0 Å². The number of nitrogens with two attached hydrogens (primary N) is 1. The van der Waals surface area contributed by atoms with Crippen molar-refractivity contribution in [1.82, 2.24) is 9.97 Å². The minimum absolute atomic E-state index is 0.300. The molecule has 5 nitrogen and oxygen atoms in total. The molecule has 2 rings (SSSR count). The second-order valence-corrected chi connectivity index (χ2v) is 2.27. The Hall–Kier alpha value is -1.65. The number of hydrogen-bond donors (Lipinski definition) is 2. The minimum Gasteiger partial charge on any atom is -0.383 e. The monoisotopic (exact) mass is 150 g/mol. The SMILES string of the molecule is Nc1[nH]c(=O)nc2c1N=CC2. The molecule has 11 heavy (non-hydrogen) atoms. The number of fused-ring (bicyclic) bond motifs is 1. The first-order chi connectivity index (χ1) is 5.27. The molecule has 0 aliphatic carbocycles. The number of rotatable bonds is 0. The number of aromatic nitrogens is 2. The normalized spacial score (nSPS) is 13.5. The van der Waals surface area contributed by atoms with Crippen molar-refractivity contribution in [1.29, 1.82) is 0 Å². The second kappa shape index (κ2) is 1.91. The van der Waals surface area contributed by atoms with Gasteiger partial charge in [-0.25, -0.2) is 4.79 Å². The van der Waals surface area contributed by atoms with Crippen molar-refractivity contribution >= 4 is 17.7 Å². The lowest BCUT2D eigenvalue weighted by atomic mass is 10.3. The summed E-state index contributed by atoms with van der Waals surface area (Å²) in [5, 5.41) is 0. The van der Waals surface area contributed by atoms with Gasteiger partial charge in [0, 0.05) is 12.6 Å². The fraction of sp³-hybridized carbons (Fsp3) is 0.167. The minimum atomic E-state index is -0.410. The maximum atomic E-state index is 10.7. The Labute approximate surface area is 62.0 Å². The van der Waals surface area contributed by atoms with E-state index in [-0.39, 0.29) is 0 Å². The third-order valence-corrected chi connectivity index (χ3v) is 1.51. The van der Waals surface area contributed by atoms with Crippen LogP contribution in [0.1, 0.15) is 5.69 Å². The molecule has 3 N–H and O–H groups in total. The van der Waals surface area contributed by atoms with Crippen LogP contribution in [0.2, 0.25) is 0 Å². The van der Waals surface area contributed by atoms with Gasteiger partial charge < -0.3 is 5.73 Å². The van der Waals surface area contributed by atoms with Crippen LogP contribution >= 0.6 is 0 Å². The standard InChI is InChI=1S/C6H6N4O/c7-5-4-3(1-2-8-4)9-6(11)10-5/h2H,1H2,(H3,7,9,10,11). The van der Waals surface area contributed by atoms with E-state index >= 15 is 0 Å². The molecule has 0 amide bonds. The van der Waals surface area contributed by atoms with Gasteiger partial charge in [0.15, 0.2) is 0 Å². The van der Waals surface area contributed by atoms with E-state index in [9.17, 15) is 4.79 Å². The van der Waals surface area contributed by atoms with E-state index < -0.39 is 5.69 Å². The van der Waals surface area contributed by atoms with Crippen molar-refractivity contribution in [3.63, 3.8) is 0 Å². The zero-order valence-corrected chi connectivity index (χ0v) is 5.66. The Kier molecular flexibility index (Phi) is 1.06. The summed E-state index contributed by atoms with van der Waals surface area (Å²) in [4.78, 5) is 20.8. The van der Waals surface area contributed by atoms with Gasteiger partial charge in [-0.2, -0.15) is 4.98 Å². The lowest BCUT2D eigenvalue weighted by Crippen LogP contribution is -2.14. The Morgan fingerprint density at radius 2 is 2.45 bits per heavy atom. The summed E-state index contributed by atoms with van der Waals surface area (Å²) >= 11 is 0. The van der Waals surface area contributed by atoms with Gasteiger partial charge in [-0.3, -0.25) is 9.98 Å². The summed E-state index contributed by atoms with van der Waals surface area (Å²) in [6.07, 6.45) is 2.28. The Bertz CT molecular complexity index is 379. The molecule has 0 fully saturated rings. The molecule has 56 valence electrons. The topological polar surface area (TPSA) is 84.1 Å². The molecule has 0 aromatic carbocycles. The molecule has 0 radical (unpaired) electrons. The number of nitrogen functional groups attached to an aromatic ring is 1. The Morgan fingerprint density at radius 3 is 3.27 bits per heavy atom. The van der Waals surface area contributed by atoms with E-state index in [0.29, 0.717) is 23.6 Å². The molecule has 0 saturated carbocycles. The average molecular weight is 150 g/mol. The smallest absolute Gasteiger partial charge is 0.346 e. The largest absolute Gasteiger partial charge is 0.383 e. The molecule has 1 aromatic heterocycles. The molecule has 0 saturated heterocycles. The first-order valence-corrected chi connectivity index (χ1v) is 3.18. The predicted molar refractivity (Wildman–Crippen MR) is 41.1 cm³/mol. The van der Waals surface area contributed by atoms with Gasteiger partial charge in [-0.05, 0) is 0 Å². The van der Waals surface area contributed by atoms with Gasteiger partial charge in [0.05, 0.1) is 5.69 Å². The zero-order chi connectivity index (χ0) is 7.84. The summed E-state index contributed by atoms with van der Waals surface area (Å²) in [5.74, 6) is 0.300. The molecule has 1 aliphatic rings. The maximum absolute atomic E-state index is 10.7. The van der Waals surface area contributed by atoms with Crippen molar-refractivity contribution in [3.8, 4) is 0 Å². The maximum Gasteiger partial charge on any atom is 0.346 e. The fourth-order valence-electron chi connectivity index (χ4n) is 1.04.